The molecule has 0 saturated carbocycles. The highest BCUT2D eigenvalue weighted by Crippen LogP contribution is 2.45. The first-order chi connectivity index (χ1) is 11.9. The van der Waals surface area contributed by atoms with Gasteiger partial charge in [0.2, 0.25) is 11.1 Å². The van der Waals surface area contributed by atoms with Crippen molar-refractivity contribution in [3.8, 4) is 0 Å². The first kappa shape index (κ1) is 16.3. The molecule has 1 aliphatic heterocycles. The Morgan fingerprint density at radius 2 is 2.16 bits per heavy atom. The van der Waals surface area contributed by atoms with Crippen LogP contribution in [0.1, 0.15) is 38.3 Å². The van der Waals surface area contributed by atoms with Crippen LogP contribution in [0.2, 0.25) is 0 Å². The third-order valence-corrected chi connectivity index (χ3v) is 5.20. The van der Waals surface area contributed by atoms with E-state index in [9.17, 15) is 9.18 Å². The number of fused-ring (bicyclic) bond motifs is 1. The molecule has 0 spiro atoms. The van der Waals surface area contributed by atoms with Crippen LogP contribution >= 0.6 is 11.8 Å². The Labute approximate surface area is 149 Å². The maximum atomic E-state index is 13.8. The molecule has 0 unspecified atom stereocenters. The molecule has 2 heterocycles. The number of thioether (sulfide) groups is 1. The van der Waals surface area contributed by atoms with Gasteiger partial charge in [-0.15, -0.1) is 5.10 Å². The van der Waals surface area contributed by atoms with Crippen molar-refractivity contribution in [1.82, 2.24) is 14.8 Å². The Hall–Kier alpha value is -2.15. The van der Waals surface area contributed by atoms with Gasteiger partial charge in [0.05, 0.1) is 0 Å². The lowest BCUT2D eigenvalue weighted by Crippen LogP contribution is -2.36. The molecule has 4 rings (SSSR count). The molecule has 0 amide bonds. The maximum Gasteiger partial charge on any atom is 0.227 e. The normalized spacial score (nSPS) is 21.6. The standard InChI is InChI=1S/C18H19FN4OS/c1-18(2)8-12-14(13(24)9-18)15(10-5-4-6-11(19)7-10)23-16(20-12)21-17(22-23)25-3/h4-7,15H,8-9H2,1-3H3,(H,20,21,22)/t15-/m1/s1. The van der Waals surface area contributed by atoms with E-state index in [1.807, 2.05) is 12.3 Å². The van der Waals surface area contributed by atoms with Crippen LogP contribution in [0.25, 0.3) is 0 Å². The van der Waals surface area contributed by atoms with Crippen LogP contribution in [0.15, 0.2) is 40.7 Å². The second kappa shape index (κ2) is 5.69. The van der Waals surface area contributed by atoms with Crippen LogP contribution in [-0.4, -0.2) is 26.8 Å². The monoisotopic (exact) mass is 358 g/mol. The molecule has 1 aromatic carbocycles. The zero-order chi connectivity index (χ0) is 17.8. The number of carbonyl (C=O) groups excluding carboxylic acids is 1. The number of nitrogens with zero attached hydrogens (tertiary/aromatic N) is 3. The van der Waals surface area contributed by atoms with E-state index in [0.29, 0.717) is 28.7 Å². The summed E-state index contributed by atoms with van der Waals surface area (Å²) in [4.78, 5) is 17.4. The van der Waals surface area contributed by atoms with E-state index in [1.165, 1.54) is 23.9 Å². The summed E-state index contributed by atoms with van der Waals surface area (Å²) in [5.41, 5.74) is 2.15. The number of allylic oxidation sites excluding steroid dienone is 2. The van der Waals surface area contributed by atoms with E-state index in [1.54, 1.807) is 10.7 Å². The average Bonchev–Trinajstić information content (AvgIpc) is 2.94. The summed E-state index contributed by atoms with van der Waals surface area (Å²) >= 11 is 1.44. The molecule has 25 heavy (non-hydrogen) atoms. The molecule has 1 N–H and O–H groups in total. The van der Waals surface area contributed by atoms with Gasteiger partial charge in [0.15, 0.2) is 5.78 Å². The summed E-state index contributed by atoms with van der Waals surface area (Å²) in [5, 5.41) is 8.43. The molecule has 0 saturated heterocycles. The fourth-order valence-electron chi connectivity index (χ4n) is 3.66. The molecule has 1 atom stereocenters. The van der Waals surface area contributed by atoms with Gasteiger partial charge in [0.25, 0.3) is 0 Å². The van der Waals surface area contributed by atoms with Gasteiger partial charge in [-0.1, -0.05) is 37.7 Å². The smallest absolute Gasteiger partial charge is 0.227 e. The summed E-state index contributed by atoms with van der Waals surface area (Å²) in [7, 11) is 0. The number of rotatable bonds is 2. The topological polar surface area (TPSA) is 59.8 Å². The molecule has 1 aromatic heterocycles. The lowest BCUT2D eigenvalue weighted by Gasteiger charge is -2.38. The van der Waals surface area contributed by atoms with Crippen LogP contribution in [0.4, 0.5) is 10.3 Å². The number of ketones is 1. The van der Waals surface area contributed by atoms with Gasteiger partial charge in [-0.05, 0) is 35.8 Å². The van der Waals surface area contributed by atoms with E-state index in [4.69, 9.17) is 0 Å². The third kappa shape index (κ3) is 2.76. The van der Waals surface area contributed by atoms with Gasteiger partial charge < -0.3 is 5.32 Å². The molecular weight excluding hydrogens is 339 g/mol. The van der Waals surface area contributed by atoms with E-state index < -0.39 is 6.04 Å². The minimum atomic E-state index is -0.445. The first-order valence-electron chi connectivity index (χ1n) is 8.17. The number of benzene rings is 1. The predicted molar refractivity (Wildman–Crippen MR) is 95.0 cm³/mol. The van der Waals surface area contributed by atoms with Gasteiger partial charge in [-0.3, -0.25) is 4.79 Å². The number of Topliss-reactive ketones (excluding diaryl/α,β-unsaturated/α-hetero) is 1. The Morgan fingerprint density at radius 1 is 1.36 bits per heavy atom. The third-order valence-electron chi connectivity index (χ3n) is 4.66. The summed E-state index contributed by atoms with van der Waals surface area (Å²) in [6.45, 7) is 4.17. The lowest BCUT2D eigenvalue weighted by molar-refractivity contribution is -0.118. The van der Waals surface area contributed by atoms with Crippen molar-refractivity contribution >= 4 is 23.5 Å². The molecule has 2 aromatic rings. The zero-order valence-electron chi connectivity index (χ0n) is 14.3. The first-order valence-corrected chi connectivity index (χ1v) is 9.40. The number of hydrogen-bond acceptors (Lipinski definition) is 5. The van der Waals surface area contributed by atoms with E-state index in [2.05, 4.69) is 29.2 Å². The van der Waals surface area contributed by atoms with Crippen molar-refractivity contribution in [3.05, 3.63) is 46.9 Å². The van der Waals surface area contributed by atoms with Gasteiger partial charge in [0, 0.05) is 17.7 Å². The number of nitrogens with one attached hydrogen (secondary N) is 1. The highest BCUT2D eigenvalue weighted by molar-refractivity contribution is 7.98. The highest BCUT2D eigenvalue weighted by atomic mass is 32.2. The number of anilines is 1. The van der Waals surface area contributed by atoms with Gasteiger partial charge in [-0.2, -0.15) is 4.98 Å². The van der Waals surface area contributed by atoms with Crippen molar-refractivity contribution < 1.29 is 9.18 Å². The van der Waals surface area contributed by atoms with E-state index in [0.717, 1.165) is 12.1 Å². The highest BCUT2D eigenvalue weighted by Gasteiger charge is 2.41. The molecule has 130 valence electrons. The Morgan fingerprint density at radius 3 is 2.88 bits per heavy atom. The lowest BCUT2D eigenvalue weighted by atomic mass is 9.73. The Bertz CT molecular complexity index is 902. The predicted octanol–water partition coefficient (Wildman–Crippen LogP) is 3.80. The van der Waals surface area contributed by atoms with Gasteiger partial charge in [0.1, 0.15) is 11.9 Å². The summed E-state index contributed by atoms with van der Waals surface area (Å²) in [5.74, 6) is 0.358. The molecule has 1 aliphatic carbocycles. The van der Waals surface area contributed by atoms with Crippen molar-refractivity contribution in [2.24, 2.45) is 5.41 Å². The van der Waals surface area contributed by atoms with Crippen LogP contribution in [0.5, 0.6) is 0 Å². The Balaban J connectivity index is 1.92. The maximum absolute atomic E-state index is 13.8. The number of halogens is 1. The zero-order valence-corrected chi connectivity index (χ0v) is 15.2. The summed E-state index contributed by atoms with van der Waals surface area (Å²) in [6, 6.07) is 5.93. The fourth-order valence-corrected chi connectivity index (χ4v) is 4.01. The second-order valence-electron chi connectivity index (χ2n) is 7.28. The van der Waals surface area contributed by atoms with Gasteiger partial charge >= 0.3 is 0 Å². The number of hydrogen-bond donors (Lipinski definition) is 1. The van der Waals surface area contributed by atoms with Crippen molar-refractivity contribution in [2.75, 3.05) is 11.6 Å². The minimum Gasteiger partial charge on any atom is -0.328 e. The minimum absolute atomic E-state index is 0.0832. The molecule has 0 radical (unpaired) electrons. The molecule has 0 bridgehead atoms. The van der Waals surface area contributed by atoms with Crippen LogP contribution < -0.4 is 5.32 Å². The van der Waals surface area contributed by atoms with E-state index in [-0.39, 0.29) is 17.0 Å². The number of aromatic nitrogens is 3. The van der Waals surface area contributed by atoms with Crippen LogP contribution in [0, 0.1) is 11.2 Å². The summed E-state index contributed by atoms with van der Waals surface area (Å²) < 4.78 is 15.6. The molecule has 7 heteroatoms. The molecule has 5 nitrogen and oxygen atoms in total. The van der Waals surface area contributed by atoms with Crippen LogP contribution in [-0.2, 0) is 4.79 Å². The van der Waals surface area contributed by atoms with Crippen molar-refractivity contribution in [2.45, 2.75) is 37.9 Å². The largest absolute Gasteiger partial charge is 0.328 e. The summed E-state index contributed by atoms with van der Waals surface area (Å²) in [6.07, 6.45) is 3.13. The van der Waals surface area contributed by atoms with Crippen molar-refractivity contribution in [3.63, 3.8) is 0 Å². The molecule has 2 aliphatic rings. The average molecular weight is 358 g/mol. The molecule has 0 fully saturated rings. The van der Waals surface area contributed by atoms with Crippen molar-refractivity contribution in [1.29, 1.82) is 0 Å². The second-order valence-corrected chi connectivity index (χ2v) is 8.06. The fraction of sp³-hybridized carbons (Fsp3) is 0.389. The Kier molecular flexibility index (Phi) is 3.72. The van der Waals surface area contributed by atoms with Gasteiger partial charge in [-0.25, -0.2) is 9.07 Å². The quantitative estimate of drug-likeness (QED) is 0.828. The van der Waals surface area contributed by atoms with E-state index >= 15 is 0 Å². The molecular formula is C18H19FN4OS. The number of carbonyl (C=O) groups is 1. The van der Waals surface area contributed by atoms with Crippen LogP contribution in [0.3, 0.4) is 0 Å². The SMILES string of the molecule is CSc1nc2n(n1)[C@H](c1cccc(F)c1)C1=C(CC(C)(C)CC1=O)N2.